The average Bonchev–Trinajstić information content (AvgIpc) is 3.08. The van der Waals surface area contributed by atoms with Crippen LogP contribution in [0.1, 0.15) is 5.56 Å². The average molecular weight is 408 g/mol. The normalized spacial score (nSPS) is 11.4. The Balaban J connectivity index is 1.99. The fourth-order valence-corrected chi connectivity index (χ4v) is 2.81. The summed E-state index contributed by atoms with van der Waals surface area (Å²) >= 11 is 0.216. The van der Waals surface area contributed by atoms with E-state index in [-0.39, 0.29) is 28.5 Å². The molecule has 0 spiro atoms. The summed E-state index contributed by atoms with van der Waals surface area (Å²) < 4.78 is 50.7. The molecule has 1 heterocycles. The van der Waals surface area contributed by atoms with Gasteiger partial charge in [-0.15, -0.1) is 10.2 Å². The minimum Gasteiger partial charge on any atom is -0.497 e. The Bertz CT molecular complexity index is 977. The van der Waals surface area contributed by atoms with Crippen molar-refractivity contribution >= 4 is 18.0 Å². The van der Waals surface area contributed by atoms with Crippen molar-refractivity contribution < 1.29 is 22.6 Å². The van der Waals surface area contributed by atoms with Gasteiger partial charge in [-0.3, -0.25) is 0 Å². The summed E-state index contributed by atoms with van der Waals surface area (Å²) in [6.07, 6.45) is 1.33. The number of thioether (sulfide) groups is 1. The number of aromatic nitrogens is 3. The van der Waals surface area contributed by atoms with E-state index >= 15 is 0 Å². The van der Waals surface area contributed by atoms with Gasteiger partial charge in [-0.2, -0.15) is 18.6 Å². The molecule has 1 aromatic heterocycles. The maximum Gasteiger partial charge on any atom is 0.291 e. The summed E-state index contributed by atoms with van der Waals surface area (Å²) in [5.41, 5.74) is 1.02. The SMILES string of the molecule is COc1ccc(-c2nnc(SC(F)F)n2/N=C\c2ccc(OC)c(F)c2)cc1. The molecule has 0 aliphatic heterocycles. The zero-order valence-electron chi connectivity index (χ0n) is 14.8. The van der Waals surface area contributed by atoms with E-state index in [0.717, 1.165) is 0 Å². The first-order valence-corrected chi connectivity index (χ1v) is 8.82. The molecule has 146 valence electrons. The molecule has 3 aromatic rings. The summed E-state index contributed by atoms with van der Waals surface area (Å²) in [6.45, 7) is 0. The number of alkyl halides is 2. The number of rotatable bonds is 7. The van der Waals surface area contributed by atoms with Crippen LogP contribution in [-0.2, 0) is 0 Å². The van der Waals surface area contributed by atoms with Crippen LogP contribution in [0.2, 0.25) is 0 Å². The van der Waals surface area contributed by atoms with Crippen LogP contribution in [0.25, 0.3) is 11.4 Å². The van der Waals surface area contributed by atoms with Gasteiger partial charge in [0.05, 0.1) is 20.4 Å². The van der Waals surface area contributed by atoms with Gasteiger partial charge in [0.15, 0.2) is 17.4 Å². The largest absolute Gasteiger partial charge is 0.497 e. The number of halogens is 3. The van der Waals surface area contributed by atoms with E-state index in [1.54, 1.807) is 30.3 Å². The molecule has 0 radical (unpaired) electrons. The maximum atomic E-state index is 13.8. The fourth-order valence-electron chi connectivity index (χ4n) is 2.33. The molecule has 0 unspecified atom stereocenters. The topological polar surface area (TPSA) is 61.5 Å². The fraction of sp³-hybridized carbons (Fsp3) is 0.167. The summed E-state index contributed by atoms with van der Waals surface area (Å²) in [7, 11) is 2.89. The van der Waals surface area contributed by atoms with Gasteiger partial charge in [-0.1, -0.05) is 0 Å². The van der Waals surface area contributed by atoms with Gasteiger partial charge in [0, 0.05) is 5.56 Å². The van der Waals surface area contributed by atoms with Crippen LogP contribution in [0.3, 0.4) is 0 Å². The summed E-state index contributed by atoms with van der Waals surface area (Å²) in [5.74, 6) is -2.27. The molecule has 0 N–H and O–H groups in total. The Kier molecular flexibility index (Phi) is 6.19. The molecule has 0 atom stereocenters. The lowest BCUT2D eigenvalue weighted by Gasteiger charge is -2.06. The third-order valence-corrected chi connectivity index (χ3v) is 4.30. The molecule has 0 amide bonds. The van der Waals surface area contributed by atoms with Gasteiger partial charge in [-0.25, -0.2) is 4.39 Å². The first-order valence-electron chi connectivity index (χ1n) is 7.94. The second kappa shape index (κ2) is 8.79. The molecular weight excluding hydrogens is 393 g/mol. The van der Waals surface area contributed by atoms with Crippen LogP contribution in [-0.4, -0.2) is 41.1 Å². The minimum atomic E-state index is -2.69. The number of methoxy groups -OCH3 is 2. The van der Waals surface area contributed by atoms with Crippen LogP contribution in [0.5, 0.6) is 11.5 Å². The highest BCUT2D eigenvalue weighted by Crippen LogP contribution is 2.28. The van der Waals surface area contributed by atoms with Crippen molar-refractivity contribution in [1.29, 1.82) is 0 Å². The quantitative estimate of drug-likeness (QED) is 0.431. The van der Waals surface area contributed by atoms with Gasteiger partial charge in [0.2, 0.25) is 5.16 Å². The highest BCUT2D eigenvalue weighted by atomic mass is 32.2. The second-order valence-corrected chi connectivity index (χ2v) is 6.32. The summed E-state index contributed by atoms with van der Waals surface area (Å²) in [4.78, 5) is 0. The monoisotopic (exact) mass is 408 g/mol. The van der Waals surface area contributed by atoms with Crippen molar-refractivity contribution in [2.24, 2.45) is 5.10 Å². The van der Waals surface area contributed by atoms with Crippen LogP contribution < -0.4 is 9.47 Å². The van der Waals surface area contributed by atoms with Crippen LogP contribution in [0.4, 0.5) is 13.2 Å². The Labute approximate surface area is 163 Å². The molecule has 3 rings (SSSR count). The van der Waals surface area contributed by atoms with Gasteiger partial charge >= 0.3 is 0 Å². The molecule has 0 saturated carbocycles. The van der Waals surface area contributed by atoms with Crippen molar-refractivity contribution in [2.45, 2.75) is 10.9 Å². The Hall–Kier alpha value is -3.01. The number of nitrogens with zero attached hydrogens (tertiary/aromatic N) is 4. The first-order chi connectivity index (χ1) is 13.5. The second-order valence-electron chi connectivity index (χ2n) is 5.36. The lowest BCUT2D eigenvalue weighted by atomic mass is 10.2. The van der Waals surface area contributed by atoms with Crippen molar-refractivity contribution in [1.82, 2.24) is 14.9 Å². The highest BCUT2D eigenvalue weighted by molar-refractivity contribution is 7.99. The molecule has 2 aromatic carbocycles. The van der Waals surface area contributed by atoms with E-state index in [2.05, 4.69) is 15.3 Å². The third-order valence-electron chi connectivity index (χ3n) is 3.65. The zero-order valence-corrected chi connectivity index (χ0v) is 15.7. The molecular formula is C18H15F3N4O2S. The van der Waals surface area contributed by atoms with E-state index in [1.165, 1.54) is 37.2 Å². The molecule has 0 bridgehead atoms. The Morgan fingerprint density at radius 1 is 1.07 bits per heavy atom. The van der Waals surface area contributed by atoms with Gasteiger partial charge in [0.1, 0.15) is 5.75 Å². The maximum absolute atomic E-state index is 13.8. The van der Waals surface area contributed by atoms with Crippen molar-refractivity contribution in [3.05, 3.63) is 53.8 Å². The molecule has 28 heavy (non-hydrogen) atoms. The number of benzene rings is 2. The van der Waals surface area contributed by atoms with E-state index < -0.39 is 11.6 Å². The highest BCUT2D eigenvalue weighted by Gasteiger charge is 2.18. The van der Waals surface area contributed by atoms with Gasteiger partial charge < -0.3 is 9.47 Å². The molecule has 0 fully saturated rings. The predicted octanol–water partition coefficient (Wildman–Crippen LogP) is 4.30. The van der Waals surface area contributed by atoms with Crippen molar-refractivity contribution in [3.63, 3.8) is 0 Å². The summed E-state index contributed by atoms with van der Waals surface area (Å²) in [5, 5.41) is 11.8. The lowest BCUT2D eigenvalue weighted by Crippen LogP contribution is -1.99. The molecule has 10 heteroatoms. The first kappa shape index (κ1) is 19.7. The molecule has 0 aliphatic carbocycles. The van der Waals surface area contributed by atoms with Gasteiger partial charge in [0.25, 0.3) is 5.76 Å². The van der Waals surface area contributed by atoms with Crippen LogP contribution in [0, 0.1) is 5.82 Å². The van der Waals surface area contributed by atoms with E-state index in [1.807, 2.05) is 0 Å². The van der Waals surface area contributed by atoms with Gasteiger partial charge in [-0.05, 0) is 59.8 Å². The number of hydrogen-bond acceptors (Lipinski definition) is 6. The van der Waals surface area contributed by atoms with Crippen LogP contribution in [0.15, 0.2) is 52.7 Å². The van der Waals surface area contributed by atoms with E-state index in [0.29, 0.717) is 16.9 Å². The van der Waals surface area contributed by atoms with Crippen molar-refractivity contribution in [3.8, 4) is 22.9 Å². The number of hydrogen-bond donors (Lipinski definition) is 0. The lowest BCUT2D eigenvalue weighted by molar-refractivity contribution is 0.251. The van der Waals surface area contributed by atoms with Crippen LogP contribution >= 0.6 is 11.8 Å². The molecule has 0 saturated heterocycles. The Morgan fingerprint density at radius 2 is 1.82 bits per heavy atom. The summed E-state index contributed by atoms with van der Waals surface area (Å²) in [6, 6.07) is 11.1. The standard InChI is InChI=1S/C18H15F3N4O2S/c1-26-13-6-4-12(5-7-13)16-23-24-18(28-17(20)21)25(16)22-10-11-3-8-15(27-2)14(19)9-11/h3-10,17H,1-2H3/b22-10-. The zero-order chi connectivity index (χ0) is 20.1. The Morgan fingerprint density at radius 3 is 2.43 bits per heavy atom. The van der Waals surface area contributed by atoms with E-state index in [9.17, 15) is 13.2 Å². The molecule has 6 nitrogen and oxygen atoms in total. The predicted molar refractivity (Wildman–Crippen MR) is 99.8 cm³/mol. The molecule has 0 aliphatic rings. The third kappa shape index (κ3) is 4.45. The minimum absolute atomic E-state index is 0.0916. The smallest absolute Gasteiger partial charge is 0.291 e. The van der Waals surface area contributed by atoms with E-state index in [4.69, 9.17) is 9.47 Å². The van der Waals surface area contributed by atoms with Crippen molar-refractivity contribution in [2.75, 3.05) is 14.2 Å². The number of ether oxygens (including phenoxy) is 2.